The molecule has 0 aromatic rings. The van der Waals surface area contributed by atoms with Crippen LogP contribution in [0.25, 0.3) is 0 Å². The highest BCUT2D eigenvalue weighted by Gasteiger charge is 1.94. The van der Waals surface area contributed by atoms with Gasteiger partial charge < -0.3 is 4.74 Å². The van der Waals surface area contributed by atoms with Crippen molar-refractivity contribution in [2.45, 2.75) is 12.8 Å². The number of rotatable bonds is 0. The second-order valence-electron chi connectivity index (χ2n) is 2.11. The molecular formula is C6H13N2O. The Morgan fingerprint density at radius 3 is 3.22 bits per heavy atom. The van der Waals surface area contributed by atoms with Crippen molar-refractivity contribution in [3.63, 3.8) is 0 Å². The zero-order valence-electron chi connectivity index (χ0n) is 5.60. The van der Waals surface area contributed by atoms with Gasteiger partial charge in [0.25, 0.3) is 0 Å². The van der Waals surface area contributed by atoms with E-state index in [1.54, 1.807) is 0 Å². The van der Waals surface area contributed by atoms with Crippen molar-refractivity contribution in [1.29, 1.82) is 0 Å². The fourth-order valence-electron chi connectivity index (χ4n) is 0.779. The normalized spacial score (nSPS) is 24.0. The van der Waals surface area contributed by atoms with Gasteiger partial charge in [-0.2, -0.15) is 5.43 Å². The Balaban J connectivity index is 2.02. The lowest BCUT2D eigenvalue weighted by molar-refractivity contribution is 0.135. The van der Waals surface area contributed by atoms with Crippen molar-refractivity contribution in [3.8, 4) is 0 Å². The van der Waals surface area contributed by atoms with Gasteiger partial charge in [-0.25, -0.2) is 5.43 Å². The Kier molecular flexibility index (Phi) is 3.68. The van der Waals surface area contributed by atoms with Gasteiger partial charge in [0.15, 0.2) is 0 Å². The average molecular weight is 129 g/mol. The molecule has 1 saturated heterocycles. The molecule has 1 N–H and O–H groups in total. The maximum atomic E-state index is 5.22. The molecule has 1 radical (unpaired) electrons. The van der Waals surface area contributed by atoms with Gasteiger partial charge in [-0.05, 0) is 12.8 Å². The van der Waals surface area contributed by atoms with E-state index in [4.69, 9.17) is 4.74 Å². The number of nitrogens with one attached hydrogen (secondary N) is 1. The predicted molar refractivity (Wildman–Crippen MR) is 35.1 cm³/mol. The second kappa shape index (κ2) is 4.73. The molecule has 1 aliphatic heterocycles. The molecule has 3 heteroatoms. The number of hydrogen-bond acceptors (Lipinski definition) is 2. The van der Waals surface area contributed by atoms with Gasteiger partial charge in [0.05, 0.1) is 13.2 Å². The zero-order chi connectivity index (χ0) is 6.36. The molecular weight excluding hydrogens is 116 g/mol. The van der Waals surface area contributed by atoms with Gasteiger partial charge in [0.1, 0.15) is 0 Å². The summed E-state index contributed by atoms with van der Waals surface area (Å²) in [5, 5.41) is 0. The fraction of sp³-hybridized carbons (Fsp3) is 1.00. The first-order valence-electron chi connectivity index (χ1n) is 3.47. The lowest BCUT2D eigenvalue weighted by atomic mass is 10.3. The molecule has 1 fully saturated rings. The van der Waals surface area contributed by atoms with Crippen LogP contribution in [0.1, 0.15) is 12.8 Å². The average Bonchev–Trinajstić information content (AvgIpc) is 2.00. The molecule has 0 saturated carbocycles. The van der Waals surface area contributed by atoms with E-state index < -0.39 is 0 Å². The molecule has 0 aromatic heterocycles. The third kappa shape index (κ3) is 3.46. The van der Waals surface area contributed by atoms with E-state index in [0.717, 1.165) is 32.7 Å². The molecule has 0 aliphatic carbocycles. The summed E-state index contributed by atoms with van der Waals surface area (Å²) in [6.07, 6.45) is 2.33. The molecule has 0 bridgehead atoms. The summed E-state index contributed by atoms with van der Waals surface area (Å²) in [7, 11) is 0. The third-order valence-corrected chi connectivity index (χ3v) is 1.29. The molecule has 9 heavy (non-hydrogen) atoms. The summed E-state index contributed by atoms with van der Waals surface area (Å²) >= 11 is 0. The summed E-state index contributed by atoms with van der Waals surface area (Å²) in [4.78, 5) is 0. The van der Waals surface area contributed by atoms with E-state index >= 15 is 0 Å². The van der Waals surface area contributed by atoms with Crippen molar-refractivity contribution < 1.29 is 4.74 Å². The van der Waals surface area contributed by atoms with Crippen LogP contribution in [0.4, 0.5) is 0 Å². The van der Waals surface area contributed by atoms with Gasteiger partial charge in [-0.1, -0.05) is 0 Å². The van der Waals surface area contributed by atoms with Gasteiger partial charge in [0, 0.05) is 13.2 Å². The topological polar surface area (TPSA) is 35.4 Å². The van der Waals surface area contributed by atoms with Crippen LogP contribution in [0.5, 0.6) is 0 Å². The summed E-state index contributed by atoms with van der Waals surface area (Å²) < 4.78 is 5.22. The SMILES string of the molecule is C1CCOCC[N]NC1. The van der Waals surface area contributed by atoms with Crippen LogP contribution in [-0.4, -0.2) is 26.3 Å². The Hall–Kier alpha value is -0.120. The van der Waals surface area contributed by atoms with Crippen LogP contribution in [0.2, 0.25) is 0 Å². The molecule has 1 heterocycles. The van der Waals surface area contributed by atoms with E-state index in [1.807, 2.05) is 0 Å². The highest BCUT2D eigenvalue weighted by Crippen LogP contribution is 1.89. The molecule has 0 aromatic carbocycles. The van der Waals surface area contributed by atoms with Crippen LogP contribution in [0.3, 0.4) is 0 Å². The van der Waals surface area contributed by atoms with Crippen LogP contribution >= 0.6 is 0 Å². The summed E-state index contributed by atoms with van der Waals surface area (Å²) in [6, 6.07) is 0. The van der Waals surface area contributed by atoms with Crippen molar-refractivity contribution in [2.75, 3.05) is 26.3 Å². The predicted octanol–water partition coefficient (Wildman–Crippen LogP) is -0.0942. The lowest BCUT2D eigenvalue weighted by Crippen LogP contribution is -2.27. The van der Waals surface area contributed by atoms with E-state index in [0.29, 0.717) is 0 Å². The monoisotopic (exact) mass is 129 g/mol. The number of hydrogen-bond donors (Lipinski definition) is 1. The maximum Gasteiger partial charge on any atom is 0.0622 e. The third-order valence-electron chi connectivity index (χ3n) is 1.29. The molecule has 0 unspecified atom stereocenters. The lowest BCUT2D eigenvalue weighted by Gasteiger charge is -1.98. The Bertz CT molecular complexity index is 39.5. The minimum Gasteiger partial charge on any atom is -0.380 e. The number of ether oxygens (including phenoxy) is 1. The fourth-order valence-corrected chi connectivity index (χ4v) is 0.779. The summed E-state index contributed by atoms with van der Waals surface area (Å²) in [5.74, 6) is 0. The van der Waals surface area contributed by atoms with Crippen molar-refractivity contribution in [2.24, 2.45) is 0 Å². The maximum absolute atomic E-state index is 5.22. The molecule has 1 aliphatic rings. The molecule has 53 valence electrons. The molecule has 1 rings (SSSR count). The Morgan fingerprint density at radius 1 is 1.22 bits per heavy atom. The molecule has 3 nitrogen and oxygen atoms in total. The van der Waals surface area contributed by atoms with E-state index in [1.165, 1.54) is 6.42 Å². The van der Waals surface area contributed by atoms with Crippen molar-refractivity contribution >= 4 is 0 Å². The van der Waals surface area contributed by atoms with Crippen LogP contribution in [0.15, 0.2) is 0 Å². The quantitative estimate of drug-likeness (QED) is 0.496. The molecule has 0 amide bonds. The molecule has 0 spiro atoms. The van der Waals surface area contributed by atoms with Crippen molar-refractivity contribution in [1.82, 2.24) is 10.9 Å². The molecule has 0 atom stereocenters. The Labute approximate surface area is 55.7 Å². The highest BCUT2D eigenvalue weighted by molar-refractivity contribution is 4.47. The van der Waals surface area contributed by atoms with Crippen LogP contribution in [0, 0.1) is 0 Å². The van der Waals surface area contributed by atoms with E-state index in [2.05, 4.69) is 10.9 Å². The Morgan fingerprint density at radius 2 is 2.22 bits per heavy atom. The second-order valence-corrected chi connectivity index (χ2v) is 2.11. The summed E-state index contributed by atoms with van der Waals surface area (Å²) in [5.41, 5.74) is 6.99. The largest absolute Gasteiger partial charge is 0.380 e. The minimum atomic E-state index is 0.771. The van der Waals surface area contributed by atoms with Gasteiger partial charge in [-0.3, -0.25) is 0 Å². The van der Waals surface area contributed by atoms with E-state index in [-0.39, 0.29) is 0 Å². The van der Waals surface area contributed by atoms with E-state index in [9.17, 15) is 0 Å². The highest BCUT2D eigenvalue weighted by atomic mass is 16.5. The van der Waals surface area contributed by atoms with Gasteiger partial charge in [-0.15, -0.1) is 0 Å². The first kappa shape index (κ1) is 6.99. The van der Waals surface area contributed by atoms with Gasteiger partial charge >= 0.3 is 0 Å². The first-order chi connectivity index (χ1) is 4.50. The zero-order valence-corrected chi connectivity index (χ0v) is 5.60. The van der Waals surface area contributed by atoms with Crippen LogP contribution < -0.4 is 10.9 Å². The first-order valence-corrected chi connectivity index (χ1v) is 3.47. The smallest absolute Gasteiger partial charge is 0.0622 e. The minimum absolute atomic E-state index is 0.771. The number of nitrogens with zero attached hydrogens (tertiary/aromatic N) is 1. The van der Waals surface area contributed by atoms with Crippen LogP contribution in [-0.2, 0) is 4.74 Å². The van der Waals surface area contributed by atoms with Gasteiger partial charge in [0.2, 0.25) is 0 Å². The van der Waals surface area contributed by atoms with Crippen molar-refractivity contribution in [3.05, 3.63) is 0 Å². The summed E-state index contributed by atoms with van der Waals surface area (Å²) in [6.45, 7) is 3.47. The standard InChI is InChI=1S/C6H13N2O/c1-2-5-9-6-4-8-7-3-1/h7H,1-6H2.